The lowest BCUT2D eigenvalue weighted by Gasteiger charge is -2.07. The molecule has 2 aromatic rings. The van der Waals surface area contributed by atoms with Crippen LogP contribution < -0.4 is 10.5 Å². The quantitative estimate of drug-likeness (QED) is 0.670. The van der Waals surface area contributed by atoms with Crippen LogP contribution in [0.3, 0.4) is 0 Å². The molecule has 2 N–H and O–H groups in total. The van der Waals surface area contributed by atoms with Crippen LogP contribution in [0, 0.1) is 5.82 Å². The van der Waals surface area contributed by atoms with Crippen molar-refractivity contribution in [2.24, 2.45) is 0 Å². The Balaban J connectivity index is 2.28. The van der Waals surface area contributed by atoms with E-state index in [0.717, 1.165) is 6.07 Å². The van der Waals surface area contributed by atoms with Gasteiger partial charge in [-0.2, -0.15) is 0 Å². The number of nitrogens with two attached hydrogens (primary N) is 1. The van der Waals surface area contributed by atoms with Crippen LogP contribution in [0.25, 0.3) is 0 Å². The number of rotatable bonds is 3. The van der Waals surface area contributed by atoms with Crippen LogP contribution in [0.5, 0.6) is 11.6 Å². The van der Waals surface area contributed by atoms with Crippen molar-refractivity contribution >= 4 is 11.7 Å². The number of hydrogen-bond donors (Lipinski definition) is 1. The molecule has 0 radical (unpaired) electrons. The number of methoxy groups -OCH3 is 1. The van der Waals surface area contributed by atoms with Gasteiger partial charge in [0.2, 0.25) is 5.88 Å². The second-order valence-electron chi connectivity index (χ2n) is 3.52. The maximum absolute atomic E-state index is 13.1. The molecule has 1 heterocycles. The molecule has 0 fully saturated rings. The van der Waals surface area contributed by atoms with Gasteiger partial charge in [-0.05, 0) is 12.1 Å². The van der Waals surface area contributed by atoms with Gasteiger partial charge in [0.05, 0.1) is 25.2 Å². The largest absolute Gasteiger partial charge is 0.464 e. The second-order valence-corrected chi connectivity index (χ2v) is 3.52. The number of carbonyl (C=O) groups excluding carboxylic acids is 1. The van der Waals surface area contributed by atoms with Crippen molar-refractivity contribution in [1.29, 1.82) is 0 Å². The van der Waals surface area contributed by atoms with E-state index in [1.54, 1.807) is 0 Å². The van der Waals surface area contributed by atoms with Crippen LogP contribution in [0.2, 0.25) is 0 Å². The Bertz CT molecular complexity index is 619. The number of benzene rings is 1. The Morgan fingerprint density at radius 1 is 1.37 bits per heavy atom. The fourth-order valence-electron chi connectivity index (χ4n) is 1.31. The van der Waals surface area contributed by atoms with Gasteiger partial charge >= 0.3 is 5.97 Å². The minimum atomic E-state index is -0.648. The first-order chi connectivity index (χ1) is 9.10. The molecular weight excluding hydrogens is 253 g/mol. The number of carbonyl (C=O) groups is 1. The van der Waals surface area contributed by atoms with Crippen LogP contribution in [0.15, 0.2) is 30.6 Å². The first-order valence-electron chi connectivity index (χ1n) is 5.23. The third-order valence-corrected chi connectivity index (χ3v) is 2.20. The predicted octanol–water partition coefficient (Wildman–Crippen LogP) is 1.78. The van der Waals surface area contributed by atoms with Gasteiger partial charge in [-0.25, -0.2) is 14.2 Å². The van der Waals surface area contributed by atoms with Gasteiger partial charge in [-0.15, -0.1) is 0 Å². The van der Waals surface area contributed by atoms with Gasteiger partial charge in [-0.3, -0.25) is 4.98 Å². The average Bonchev–Trinajstić information content (AvgIpc) is 2.42. The van der Waals surface area contributed by atoms with Crippen molar-refractivity contribution in [3.05, 3.63) is 42.1 Å². The minimum absolute atomic E-state index is 0.0141. The van der Waals surface area contributed by atoms with Crippen LogP contribution in [-0.4, -0.2) is 23.0 Å². The van der Waals surface area contributed by atoms with E-state index in [1.165, 1.54) is 31.6 Å². The zero-order chi connectivity index (χ0) is 13.8. The second kappa shape index (κ2) is 5.30. The fraction of sp³-hybridized carbons (Fsp3) is 0.0833. The number of ether oxygens (including phenoxy) is 2. The van der Waals surface area contributed by atoms with Gasteiger partial charge in [-0.1, -0.05) is 0 Å². The fourth-order valence-corrected chi connectivity index (χ4v) is 1.31. The Morgan fingerprint density at radius 3 is 2.89 bits per heavy atom. The molecule has 0 spiro atoms. The third kappa shape index (κ3) is 2.95. The summed E-state index contributed by atoms with van der Waals surface area (Å²) in [4.78, 5) is 18.9. The van der Waals surface area contributed by atoms with Gasteiger partial charge in [0.15, 0.2) is 11.4 Å². The zero-order valence-electron chi connectivity index (χ0n) is 9.96. The molecule has 19 heavy (non-hydrogen) atoms. The van der Waals surface area contributed by atoms with E-state index in [0.29, 0.717) is 0 Å². The molecule has 0 amide bonds. The number of aromatic nitrogens is 2. The summed E-state index contributed by atoms with van der Waals surface area (Å²) in [5, 5.41) is 0. The molecular formula is C12H10FN3O3. The monoisotopic (exact) mass is 263 g/mol. The maximum Gasteiger partial charge on any atom is 0.358 e. The number of esters is 1. The molecule has 0 aliphatic carbocycles. The van der Waals surface area contributed by atoms with E-state index < -0.39 is 11.8 Å². The van der Waals surface area contributed by atoms with E-state index in [9.17, 15) is 9.18 Å². The van der Waals surface area contributed by atoms with E-state index in [2.05, 4.69) is 14.7 Å². The van der Waals surface area contributed by atoms with Crippen LogP contribution in [0.1, 0.15) is 10.5 Å². The molecule has 7 heteroatoms. The summed E-state index contributed by atoms with van der Waals surface area (Å²) in [5.74, 6) is -1.04. The Hall–Kier alpha value is -2.70. The van der Waals surface area contributed by atoms with Crippen molar-refractivity contribution in [3.8, 4) is 11.6 Å². The summed E-state index contributed by atoms with van der Waals surface area (Å²) in [5.41, 5.74) is 5.85. The molecule has 0 saturated heterocycles. The van der Waals surface area contributed by atoms with Gasteiger partial charge in [0.25, 0.3) is 0 Å². The summed E-state index contributed by atoms with van der Waals surface area (Å²) in [6, 6.07) is 3.68. The Kier molecular flexibility index (Phi) is 3.56. The summed E-state index contributed by atoms with van der Waals surface area (Å²) >= 11 is 0. The highest BCUT2D eigenvalue weighted by atomic mass is 19.1. The van der Waals surface area contributed by atoms with E-state index in [-0.39, 0.29) is 23.0 Å². The zero-order valence-corrected chi connectivity index (χ0v) is 9.96. The molecule has 1 aromatic carbocycles. The minimum Gasteiger partial charge on any atom is -0.464 e. The molecule has 0 unspecified atom stereocenters. The highest BCUT2D eigenvalue weighted by molar-refractivity contribution is 5.86. The molecule has 2 rings (SSSR count). The summed E-state index contributed by atoms with van der Waals surface area (Å²) < 4.78 is 22.8. The Labute approximate surface area is 108 Å². The highest BCUT2D eigenvalue weighted by Gasteiger charge is 2.11. The van der Waals surface area contributed by atoms with Crippen LogP contribution >= 0.6 is 0 Å². The van der Waals surface area contributed by atoms with Crippen molar-refractivity contribution in [2.45, 2.75) is 0 Å². The molecule has 98 valence electrons. The first-order valence-corrected chi connectivity index (χ1v) is 5.23. The molecule has 0 aliphatic rings. The smallest absolute Gasteiger partial charge is 0.358 e. The van der Waals surface area contributed by atoms with E-state index >= 15 is 0 Å². The van der Waals surface area contributed by atoms with Crippen LogP contribution in [0.4, 0.5) is 10.1 Å². The standard InChI is InChI=1S/C12H10FN3O3/c1-18-12(17)9-5-15-6-11(16-9)19-10-4-7(13)2-3-8(10)14/h2-6H,14H2,1H3. The van der Waals surface area contributed by atoms with Crippen molar-refractivity contribution in [3.63, 3.8) is 0 Å². The maximum atomic E-state index is 13.1. The lowest BCUT2D eigenvalue weighted by atomic mass is 10.3. The highest BCUT2D eigenvalue weighted by Crippen LogP contribution is 2.26. The number of anilines is 1. The van der Waals surface area contributed by atoms with E-state index in [4.69, 9.17) is 10.5 Å². The SMILES string of the molecule is COC(=O)c1cncc(Oc2cc(F)ccc2N)n1. The van der Waals surface area contributed by atoms with Gasteiger partial charge in [0, 0.05) is 6.07 Å². The Morgan fingerprint density at radius 2 is 2.16 bits per heavy atom. The van der Waals surface area contributed by atoms with Gasteiger partial charge < -0.3 is 15.2 Å². The number of hydrogen-bond acceptors (Lipinski definition) is 6. The number of nitrogen functional groups attached to an aromatic ring is 1. The van der Waals surface area contributed by atoms with Crippen LogP contribution in [-0.2, 0) is 4.74 Å². The molecule has 0 bridgehead atoms. The van der Waals surface area contributed by atoms with Crippen molar-refractivity contribution < 1.29 is 18.7 Å². The summed E-state index contributed by atoms with van der Waals surface area (Å²) in [6.45, 7) is 0. The molecule has 0 aliphatic heterocycles. The normalized spacial score (nSPS) is 10.0. The van der Waals surface area contributed by atoms with Crippen molar-refractivity contribution in [1.82, 2.24) is 9.97 Å². The molecule has 0 saturated carbocycles. The predicted molar refractivity (Wildman–Crippen MR) is 64.3 cm³/mol. The average molecular weight is 263 g/mol. The third-order valence-electron chi connectivity index (χ3n) is 2.20. The summed E-state index contributed by atoms with van der Waals surface area (Å²) in [7, 11) is 1.22. The topological polar surface area (TPSA) is 87.3 Å². The lowest BCUT2D eigenvalue weighted by molar-refractivity contribution is 0.0592. The number of halogens is 1. The number of nitrogens with zero attached hydrogens (tertiary/aromatic N) is 2. The lowest BCUT2D eigenvalue weighted by Crippen LogP contribution is -2.05. The molecule has 0 atom stereocenters. The van der Waals surface area contributed by atoms with Gasteiger partial charge in [0.1, 0.15) is 5.82 Å². The molecule has 6 nitrogen and oxygen atoms in total. The van der Waals surface area contributed by atoms with E-state index in [1.807, 2.05) is 0 Å². The first kappa shape index (κ1) is 12.7. The van der Waals surface area contributed by atoms with Crippen molar-refractivity contribution in [2.75, 3.05) is 12.8 Å². The summed E-state index contributed by atoms with van der Waals surface area (Å²) in [6.07, 6.45) is 2.50. The molecule has 1 aromatic heterocycles.